The van der Waals surface area contributed by atoms with E-state index < -0.39 is 12.1 Å². The van der Waals surface area contributed by atoms with Crippen LogP contribution in [0, 0.1) is 0 Å². The number of hydrogen-bond donors (Lipinski definition) is 0. The quantitative estimate of drug-likeness (QED) is 0.366. The normalized spacial score (nSPS) is 11.7. The van der Waals surface area contributed by atoms with Gasteiger partial charge in [0.2, 0.25) is 5.78 Å². The number of esters is 1. The summed E-state index contributed by atoms with van der Waals surface area (Å²) in [6.45, 7) is 3.87. The van der Waals surface area contributed by atoms with Gasteiger partial charge in [-0.1, -0.05) is 34.8 Å². The Bertz CT molecular complexity index is 788. The number of carbonyl (C=O) groups is 2. The van der Waals surface area contributed by atoms with E-state index in [-0.39, 0.29) is 26.4 Å². The van der Waals surface area contributed by atoms with E-state index in [1.165, 1.54) is 19.1 Å². The van der Waals surface area contributed by atoms with E-state index in [2.05, 4.69) is 0 Å². The monoisotopic (exact) mass is 400 g/mol. The van der Waals surface area contributed by atoms with Crippen LogP contribution in [0.4, 0.5) is 0 Å². The maximum Gasteiger partial charge on any atom is 0.341 e. The molecule has 2 rings (SSSR count). The average molecular weight is 402 g/mol. The van der Waals surface area contributed by atoms with Crippen molar-refractivity contribution in [3.05, 3.63) is 62.6 Å². The summed E-state index contributed by atoms with van der Waals surface area (Å²) in [5, 5.41) is 0.253. The molecule has 0 aliphatic rings. The van der Waals surface area contributed by atoms with Crippen LogP contribution in [0.25, 0.3) is 0 Å². The average Bonchev–Trinajstić information content (AvgIpc) is 2.59. The highest BCUT2D eigenvalue weighted by Gasteiger charge is 2.24. The minimum Gasteiger partial charge on any atom is -0.494 e. The summed E-state index contributed by atoms with van der Waals surface area (Å²) in [5.41, 5.74) is 0.328. The van der Waals surface area contributed by atoms with Crippen LogP contribution in [0.3, 0.4) is 0 Å². The third-order valence-electron chi connectivity index (χ3n) is 3.35. The van der Waals surface area contributed by atoms with Crippen LogP contribution in [0.15, 0.2) is 36.4 Å². The number of rotatable bonds is 6. The zero-order valence-electron chi connectivity index (χ0n) is 13.5. The lowest BCUT2D eigenvalue weighted by Gasteiger charge is -2.14. The van der Waals surface area contributed by atoms with Gasteiger partial charge < -0.3 is 9.47 Å². The Morgan fingerprint density at radius 3 is 2.20 bits per heavy atom. The van der Waals surface area contributed by atoms with Crippen LogP contribution in [-0.4, -0.2) is 24.5 Å². The Morgan fingerprint density at radius 1 is 1.00 bits per heavy atom. The molecule has 0 amide bonds. The summed E-state index contributed by atoms with van der Waals surface area (Å²) in [4.78, 5) is 24.7. The van der Waals surface area contributed by atoms with Crippen molar-refractivity contribution in [3.63, 3.8) is 0 Å². The molecule has 2 aromatic rings. The fourth-order valence-corrected chi connectivity index (χ4v) is 2.79. The summed E-state index contributed by atoms with van der Waals surface area (Å²) >= 11 is 17.9. The van der Waals surface area contributed by atoms with Gasteiger partial charge in [-0.2, -0.15) is 0 Å². The largest absolute Gasteiger partial charge is 0.494 e. The Morgan fingerprint density at radius 2 is 1.60 bits per heavy atom. The lowest BCUT2D eigenvalue weighted by molar-refractivity contribution is 0.0319. The second-order valence-corrected chi connectivity index (χ2v) is 6.28. The summed E-state index contributed by atoms with van der Waals surface area (Å²) in [6, 6.07) is 9.47. The molecule has 2 aromatic carbocycles. The van der Waals surface area contributed by atoms with Gasteiger partial charge in [0.05, 0.1) is 27.2 Å². The van der Waals surface area contributed by atoms with Crippen LogP contribution < -0.4 is 4.74 Å². The number of halogens is 3. The van der Waals surface area contributed by atoms with Crippen molar-refractivity contribution in [2.45, 2.75) is 20.0 Å². The minimum absolute atomic E-state index is 0.0140. The van der Waals surface area contributed by atoms with Gasteiger partial charge in [0.15, 0.2) is 6.10 Å². The summed E-state index contributed by atoms with van der Waals surface area (Å²) < 4.78 is 10.5. The molecular formula is C18H15Cl3O4. The van der Waals surface area contributed by atoms with Gasteiger partial charge >= 0.3 is 5.97 Å². The van der Waals surface area contributed by atoms with Crippen molar-refractivity contribution < 1.29 is 19.1 Å². The molecule has 0 saturated heterocycles. The van der Waals surface area contributed by atoms with Gasteiger partial charge in [-0.15, -0.1) is 0 Å². The molecule has 0 aliphatic heterocycles. The zero-order valence-corrected chi connectivity index (χ0v) is 15.8. The maximum absolute atomic E-state index is 12.4. The molecule has 0 spiro atoms. The molecule has 7 heteroatoms. The molecule has 0 fully saturated rings. The number of hydrogen-bond acceptors (Lipinski definition) is 4. The first-order valence-electron chi connectivity index (χ1n) is 7.46. The predicted octanol–water partition coefficient (Wildman–Crippen LogP) is 5.47. The minimum atomic E-state index is -1.02. The second-order valence-electron chi connectivity index (χ2n) is 5.09. The van der Waals surface area contributed by atoms with E-state index >= 15 is 0 Å². The third kappa shape index (κ3) is 4.66. The van der Waals surface area contributed by atoms with Crippen LogP contribution >= 0.6 is 34.8 Å². The Labute approximate surface area is 160 Å². The lowest BCUT2D eigenvalue weighted by Crippen LogP contribution is -2.24. The van der Waals surface area contributed by atoms with Crippen LogP contribution in [0.2, 0.25) is 15.1 Å². The topological polar surface area (TPSA) is 52.6 Å². The first-order chi connectivity index (χ1) is 11.8. The number of ether oxygens (including phenoxy) is 2. The van der Waals surface area contributed by atoms with Crippen molar-refractivity contribution in [2.75, 3.05) is 6.61 Å². The standard InChI is InChI=1S/C18H15Cl3O4/c1-3-24-12-6-4-11(5-7-12)17(22)10(2)25-18(23)15-13(19)8-9-14(20)16(15)21/h4-10H,3H2,1-2H3/t10-/m1/s1. The third-order valence-corrected chi connectivity index (χ3v) is 4.47. The molecule has 0 aromatic heterocycles. The number of benzene rings is 2. The molecule has 1 atom stereocenters. The summed E-state index contributed by atoms with van der Waals surface area (Å²) in [5.74, 6) is -0.517. The second kappa shape index (κ2) is 8.56. The van der Waals surface area contributed by atoms with Gasteiger partial charge in [-0.25, -0.2) is 4.79 Å². The molecular weight excluding hydrogens is 387 g/mol. The van der Waals surface area contributed by atoms with Crippen LogP contribution in [0.1, 0.15) is 34.6 Å². The molecule has 0 heterocycles. The van der Waals surface area contributed by atoms with E-state index in [1.54, 1.807) is 24.3 Å². The van der Waals surface area contributed by atoms with E-state index in [0.717, 1.165) is 0 Å². The SMILES string of the molecule is CCOc1ccc(C(=O)[C@@H](C)OC(=O)c2c(Cl)ccc(Cl)c2Cl)cc1. The van der Waals surface area contributed by atoms with Crippen molar-refractivity contribution in [2.24, 2.45) is 0 Å². The first kappa shape index (κ1) is 19.6. The van der Waals surface area contributed by atoms with Crippen molar-refractivity contribution >= 4 is 46.6 Å². The molecule has 0 radical (unpaired) electrons. The van der Waals surface area contributed by atoms with Crippen molar-refractivity contribution in [3.8, 4) is 5.75 Å². The number of carbonyl (C=O) groups excluding carboxylic acids is 2. The van der Waals surface area contributed by atoms with E-state index in [1.807, 2.05) is 6.92 Å². The van der Waals surface area contributed by atoms with Crippen LogP contribution in [-0.2, 0) is 4.74 Å². The highest BCUT2D eigenvalue weighted by molar-refractivity contribution is 6.46. The number of Topliss-reactive ketones (excluding diaryl/α,β-unsaturated/α-hetero) is 1. The van der Waals surface area contributed by atoms with E-state index in [9.17, 15) is 9.59 Å². The molecule has 4 nitrogen and oxygen atoms in total. The lowest BCUT2D eigenvalue weighted by atomic mass is 10.1. The summed E-state index contributed by atoms with van der Waals surface area (Å²) in [6.07, 6.45) is -1.02. The summed E-state index contributed by atoms with van der Waals surface area (Å²) in [7, 11) is 0. The molecule has 0 saturated carbocycles. The number of ketones is 1. The van der Waals surface area contributed by atoms with Gasteiger partial charge in [0.25, 0.3) is 0 Å². The van der Waals surface area contributed by atoms with Crippen molar-refractivity contribution in [1.82, 2.24) is 0 Å². The smallest absolute Gasteiger partial charge is 0.341 e. The predicted molar refractivity (Wildman–Crippen MR) is 98.3 cm³/mol. The Kier molecular flexibility index (Phi) is 6.71. The molecule has 25 heavy (non-hydrogen) atoms. The Balaban J connectivity index is 2.13. The maximum atomic E-state index is 12.4. The zero-order chi connectivity index (χ0) is 18.6. The molecule has 132 valence electrons. The van der Waals surface area contributed by atoms with E-state index in [4.69, 9.17) is 44.3 Å². The van der Waals surface area contributed by atoms with Gasteiger partial charge in [-0.3, -0.25) is 4.79 Å². The first-order valence-corrected chi connectivity index (χ1v) is 8.60. The molecule has 0 aliphatic carbocycles. The molecule has 0 unspecified atom stereocenters. The highest BCUT2D eigenvalue weighted by atomic mass is 35.5. The van der Waals surface area contributed by atoms with Crippen molar-refractivity contribution in [1.29, 1.82) is 0 Å². The van der Waals surface area contributed by atoms with E-state index in [0.29, 0.717) is 17.9 Å². The van der Waals surface area contributed by atoms with Gasteiger partial charge in [0, 0.05) is 5.56 Å². The fraction of sp³-hybridized carbons (Fsp3) is 0.222. The fourth-order valence-electron chi connectivity index (χ4n) is 2.10. The highest BCUT2D eigenvalue weighted by Crippen LogP contribution is 2.32. The Hall–Kier alpha value is -1.75. The molecule has 0 bridgehead atoms. The van der Waals surface area contributed by atoms with Gasteiger partial charge in [0.1, 0.15) is 5.75 Å². The molecule has 0 N–H and O–H groups in total. The van der Waals surface area contributed by atoms with Crippen LogP contribution in [0.5, 0.6) is 5.75 Å². The van der Waals surface area contributed by atoms with Gasteiger partial charge in [-0.05, 0) is 50.2 Å².